The molecule has 2 nitrogen and oxygen atoms in total. The zero-order valence-electron chi connectivity index (χ0n) is 34.2. The molecule has 10 aromatic rings. The van der Waals surface area contributed by atoms with Crippen LogP contribution in [0.1, 0.15) is 36.2 Å². The predicted molar refractivity (Wildman–Crippen MR) is 256 cm³/mol. The molecule has 0 atom stereocenters. The summed E-state index contributed by atoms with van der Waals surface area (Å²) in [7, 11) is 0. The van der Waals surface area contributed by atoms with Gasteiger partial charge in [0.05, 0.1) is 11.0 Å². The number of para-hydroxylation sites is 1. The second kappa shape index (κ2) is 13.9. The first-order chi connectivity index (χ1) is 29.4. The number of benzene rings is 8. The number of allylic oxidation sites excluding steroid dienone is 2. The Hall–Kier alpha value is -7.42. The van der Waals surface area contributed by atoms with Crippen LogP contribution < -0.4 is 4.90 Å². The molecule has 0 unspecified atom stereocenters. The number of hydrogen-bond acceptors (Lipinski definition) is 1. The maximum Gasteiger partial charge on any atom is 0.0617 e. The van der Waals surface area contributed by atoms with E-state index < -0.39 is 0 Å². The van der Waals surface area contributed by atoms with Gasteiger partial charge in [-0.1, -0.05) is 172 Å². The first kappa shape index (κ1) is 35.7. The fraction of sp³-hybridized carbons (Fsp3) is 0.0690. The Kier molecular flexibility index (Phi) is 8.25. The van der Waals surface area contributed by atoms with Crippen LogP contribution in [0.2, 0.25) is 0 Å². The third kappa shape index (κ3) is 5.48. The van der Waals surface area contributed by atoms with E-state index in [1.807, 2.05) is 12.2 Å². The Labute approximate surface area is 352 Å². The summed E-state index contributed by atoms with van der Waals surface area (Å²) in [6.45, 7) is 10.9. The predicted octanol–water partition coefficient (Wildman–Crippen LogP) is 16.0. The Morgan fingerprint density at radius 1 is 0.500 bits per heavy atom. The minimum atomic E-state index is -0.225. The number of hydrogen-bond donors (Lipinski definition) is 0. The average molecular weight is 769 g/mol. The second-order valence-electron chi connectivity index (χ2n) is 16.6. The lowest BCUT2D eigenvalue weighted by molar-refractivity contribution is 0.660. The highest BCUT2D eigenvalue weighted by Crippen LogP contribution is 2.52. The molecular weight excluding hydrogens is 725 g/mol. The molecule has 0 N–H and O–H groups in total. The van der Waals surface area contributed by atoms with E-state index in [0.29, 0.717) is 0 Å². The Morgan fingerprint density at radius 3 is 1.83 bits per heavy atom. The summed E-state index contributed by atoms with van der Waals surface area (Å²) in [4.78, 5) is 2.41. The van der Waals surface area contributed by atoms with E-state index >= 15 is 0 Å². The van der Waals surface area contributed by atoms with E-state index in [-0.39, 0.29) is 5.41 Å². The highest BCUT2D eigenvalue weighted by Gasteiger charge is 2.36. The van der Waals surface area contributed by atoms with Crippen molar-refractivity contribution in [2.75, 3.05) is 4.90 Å². The molecule has 0 amide bonds. The summed E-state index contributed by atoms with van der Waals surface area (Å²) in [5, 5.41) is 3.88. The maximum atomic E-state index is 3.92. The molecule has 0 fully saturated rings. The summed E-state index contributed by atoms with van der Waals surface area (Å²) < 4.78 is 2.46. The van der Waals surface area contributed by atoms with Crippen molar-refractivity contribution in [3.63, 3.8) is 0 Å². The van der Waals surface area contributed by atoms with Gasteiger partial charge in [-0.3, -0.25) is 0 Å². The number of anilines is 3. The van der Waals surface area contributed by atoms with Gasteiger partial charge in [0.25, 0.3) is 0 Å². The van der Waals surface area contributed by atoms with E-state index in [9.17, 15) is 0 Å². The van der Waals surface area contributed by atoms with Crippen LogP contribution in [0, 0.1) is 6.92 Å². The van der Waals surface area contributed by atoms with Crippen LogP contribution in [0.5, 0.6) is 0 Å². The zero-order chi connectivity index (χ0) is 40.5. The van der Waals surface area contributed by atoms with Crippen molar-refractivity contribution in [3.05, 3.63) is 223 Å². The monoisotopic (exact) mass is 768 g/mol. The Bertz CT molecular complexity index is 3290. The molecule has 2 aromatic heterocycles. The van der Waals surface area contributed by atoms with Crippen molar-refractivity contribution in [3.8, 4) is 44.5 Å². The van der Waals surface area contributed by atoms with Gasteiger partial charge in [0.15, 0.2) is 0 Å². The number of fused-ring (bicyclic) bond motifs is 6. The topological polar surface area (TPSA) is 7.65 Å². The van der Waals surface area contributed by atoms with Crippen LogP contribution in [0.3, 0.4) is 0 Å². The molecule has 2 heteroatoms. The van der Waals surface area contributed by atoms with Gasteiger partial charge in [-0.05, 0) is 111 Å². The normalized spacial score (nSPS) is 13.1. The van der Waals surface area contributed by atoms with Gasteiger partial charge >= 0.3 is 0 Å². The van der Waals surface area contributed by atoms with Crippen molar-refractivity contribution >= 4 is 50.3 Å². The molecule has 286 valence electrons. The largest absolute Gasteiger partial charge is 0.312 e. The lowest BCUT2D eigenvalue weighted by Gasteiger charge is -2.28. The minimum Gasteiger partial charge on any atom is -0.312 e. The fourth-order valence-corrected chi connectivity index (χ4v) is 9.98. The fourth-order valence-electron chi connectivity index (χ4n) is 9.98. The minimum absolute atomic E-state index is 0.225. The molecule has 0 saturated heterocycles. The van der Waals surface area contributed by atoms with Crippen molar-refractivity contribution in [2.45, 2.75) is 26.2 Å². The molecule has 0 bridgehead atoms. The summed E-state index contributed by atoms with van der Waals surface area (Å²) in [5.74, 6) is 0. The van der Waals surface area contributed by atoms with Crippen LogP contribution in [0.25, 0.3) is 77.8 Å². The van der Waals surface area contributed by atoms with Gasteiger partial charge in [0, 0.05) is 49.9 Å². The van der Waals surface area contributed by atoms with Crippen LogP contribution in [-0.2, 0) is 5.41 Å². The van der Waals surface area contributed by atoms with Gasteiger partial charge in [-0.25, -0.2) is 0 Å². The SMILES string of the molecule is C=C/C=C\c1c(C)n2c3cccc(-c4ccc5c(c4)C(C)(C)c4cc(N(c6ccc(-c7ccccc7)cc6)c6cccc(-c7ccccc7)c6)ccc4-5)c3c3cccc1c32. The molecule has 0 aliphatic heterocycles. The average Bonchev–Trinajstić information content (AvgIpc) is 3.87. The zero-order valence-corrected chi connectivity index (χ0v) is 34.2. The number of rotatable bonds is 8. The van der Waals surface area contributed by atoms with Gasteiger partial charge < -0.3 is 9.30 Å². The molecule has 0 saturated carbocycles. The van der Waals surface area contributed by atoms with Gasteiger partial charge in [-0.15, -0.1) is 0 Å². The van der Waals surface area contributed by atoms with E-state index in [1.165, 1.54) is 94.1 Å². The number of aryl methyl sites for hydroxylation is 1. The summed E-state index contributed by atoms with van der Waals surface area (Å²) >= 11 is 0. The second-order valence-corrected chi connectivity index (χ2v) is 16.6. The molecule has 0 radical (unpaired) electrons. The molecular formula is C58H44N2. The van der Waals surface area contributed by atoms with E-state index in [0.717, 1.165) is 17.1 Å². The first-order valence-corrected chi connectivity index (χ1v) is 20.9. The van der Waals surface area contributed by atoms with Crippen LogP contribution >= 0.6 is 0 Å². The standard InChI is InChI=1S/C58H44N2/c1-5-6-22-47-38(2)59-55-26-15-23-48(56(55)52-25-14-24-51(47)57(52)59)43-29-33-49-50-34-32-46(37-54(50)58(3,4)53(49)36-43)60(44-30-27-41(28-31-44)39-16-9-7-10-17-39)45-21-13-20-42(35-45)40-18-11-8-12-19-40/h5-37H,1H2,2-4H3/b22-6-. The Balaban J connectivity index is 1.02. The third-order valence-corrected chi connectivity index (χ3v) is 12.9. The molecule has 60 heavy (non-hydrogen) atoms. The molecule has 2 heterocycles. The van der Waals surface area contributed by atoms with Gasteiger partial charge in [0.2, 0.25) is 0 Å². The van der Waals surface area contributed by atoms with Crippen molar-refractivity contribution in [2.24, 2.45) is 0 Å². The van der Waals surface area contributed by atoms with E-state index in [2.05, 4.69) is 225 Å². The molecule has 8 aromatic carbocycles. The lowest BCUT2D eigenvalue weighted by Crippen LogP contribution is -2.16. The number of aromatic nitrogens is 1. The highest BCUT2D eigenvalue weighted by molar-refractivity contribution is 6.21. The lowest BCUT2D eigenvalue weighted by atomic mass is 9.81. The molecule has 11 rings (SSSR count). The van der Waals surface area contributed by atoms with Crippen LogP contribution in [0.4, 0.5) is 17.1 Å². The van der Waals surface area contributed by atoms with Gasteiger partial charge in [-0.2, -0.15) is 0 Å². The molecule has 1 aliphatic rings. The van der Waals surface area contributed by atoms with Crippen molar-refractivity contribution in [1.29, 1.82) is 0 Å². The van der Waals surface area contributed by atoms with E-state index in [1.54, 1.807) is 0 Å². The Morgan fingerprint density at radius 2 is 1.08 bits per heavy atom. The molecule has 0 spiro atoms. The maximum absolute atomic E-state index is 3.92. The summed E-state index contributed by atoms with van der Waals surface area (Å²) in [6.07, 6.45) is 6.08. The quantitative estimate of drug-likeness (QED) is 0.140. The smallest absolute Gasteiger partial charge is 0.0617 e. The van der Waals surface area contributed by atoms with E-state index in [4.69, 9.17) is 0 Å². The van der Waals surface area contributed by atoms with Crippen LogP contribution in [-0.4, -0.2) is 4.40 Å². The van der Waals surface area contributed by atoms with Crippen molar-refractivity contribution < 1.29 is 0 Å². The highest BCUT2D eigenvalue weighted by atomic mass is 15.1. The van der Waals surface area contributed by atoms with Crippen LogP contribution in [0.15, 0.2) is 201 Å². The summed E-state index contributed by atoms with van der Waals surface area (Å²) in [5.41, 5.74) is 20.8. The number of nitrogens with zero attached hydrogens (tertiary/aromatic N) is 2. The van der Waals surface area contributed by atoms with Crippen molar-refractivity contribution in [1.82, 2.24) is 4.40 Å². The first-order valence-electron chi connectivity index (χ1n) is 20.9. The van der Waals surface area contributed by atoms with Gasteiger partial charge in [0.1, 0.15) is 0 Å². The third-order valence-electron chi connectivity index (χ3n) is 12.9. The summed E-state index contributed by atoms with van der Waals surface area (Å²) in [6, 6.07) is 67.0. The molecule has 1 aliphatic carbocycles.